The largest absolute Gasteiger partial charge is 0.268 e. The summed E-state index contributed by atoms with van der Waals surface area (Å²) in [4.78, 5) is 15.2. The first-order valence-electron chi connectivity index (χ1n) is 4.60. The minimum atomic E-state index is -0.197. The first-order chi connectivity index (χ1) is 7.24. The topological polar surface area (TPSA) is 54.4 Å². The SMILES string of the molecule is CC=C(C)C(=O)NN=Cc1cccnc1. The average molecular weight is 203 g/mol. The van der Waals surface area contributed by atoms with E-state index < -0.39 is 0 Å². The summed E-state index contributed by atoms with van der Waals surface area (Å²) >= 11 is 0. The average Bonchev–Trinajstić information content (AvgIpc) is 2.29. The normalized spacial score (nSPS) is 11.7. The summed E-state index contributed by atoms with van der Waals surface area (Å²) in [5.41, 5.74) is 3.90. The minimum absolute atomic E-state index is 0.197. The number of amides is 1. The molecule has 1 aromatic rings. The summed E-state index contributed by atoms with van der Waals surface area (Å²) in [6.45, 7) is 3.54. The third-order valence-electron chi connectivity index (χ3n) is 1.86. The van der Waals surface area contributed by atoms with Gasteiger partial charge in [0.2, 0.25) is 0 Å². The fourth-order valence-corrected chi connectivity index (χ4v) is 0.837. The summed E-state index contributed by atoms with van der Waals surface area (Å²) in [5.74, 6) is -0.197. The summed E-state index contributed by atoms with van der Waals surface area (Å²) in [6.07, 6.45) is 6.63. The highest BCUT2D eigenvalue weighted by atomic mass is 16.2. The number of carbonyl (C=O) groups excluding carboxylic acids is 1. The van der Waals surface area contributed by atoms with Gasteiger partial charge in [-0.05, 0) is 19.9 Å². The van der Waals surface area contributed by atoms with Gasteiger partial charge in [-0.25, -0.2) is 5.43 Å². The van der Waals surface area contributed by atoms with Crippen LogP contribution in [0.15, 0.2) is 41.3 Å². The zero-order chi connectivity index (χ0) is 11.1. The molecule has 0 aliphatic heterocycles. The molecule has 1 rings (SSSR count). The highest BCUT2D eigenvalue weighted by Crippen LogP contribution is 1.92. The lowest BCUT2D eigenvalue weighted by molar-refractivity contribution is -0.117. The minimum Gasteiger partial charge on any atom is -0.268 e. The van der Waals surface area contributed by atoms with Gasteiger partial charge in [-0.2, -0.15) is 5.10 Å². The third-order valence-corrected chi connectivity index (χ3v) is 1.86. The Morgan fingerprint density at radius 2 is 2.40 bits per heavy atom. The standard InChI is InChI=1S/C11H13N3O/c1-3-9(2)11(15)14-13-8-10-5-4-6-12-7-10/h3-8H,1-2H3,(H,14,15). The molecule has 78 valence electrons. The fourth-order valence-electron chi connectivity index (χ4n) is 0.837. The van der Waals surface area contributed by atoms with Crippen LogP contribution in [0.1, 0.15) is 19.4 Å². The Hall–Kier alpha value is -1.97. The number of nitrogens with zero attached hydrogens (tertiary/aromatic N) is 2. The molecule has 0 unspecified atom stereocenters. The molecule has 0 aromatic carbocycles. The van der Waals surface area contributed by atoms with Crippen LogP contribution in [0.3, 0.4) is 0 Å². The molecule has 1 aromatic heterocycles. The maximum Gasteiger partial charge on any atom is 0.266 e. The molecule has 0 bridgehead atoms. The molecule has 0 fully saturated rings. The molecule has 0 spiro atoms. The van der Waals surface area contributed by atoms with Gasteiger partial charge in [0, 0.05) is 23.5 Å². The number of hydrogen-bond acceptors (Lipinski definition) is 3. The smallest absolute Gasteiger partial charge is 0.266 e. The Morgan fingerprint density at radius 3 is 3.00 bits per heavy atom. The van der Waals surface area contributed by atoms with Gasteiger partial charge >= 0.3 is 0 Å². The van der Waals surface area contributed by atoms with Crippen molar-refractivity contribution >= 4 is 12.1 Å². The van der Waals surface area contributed by atoms with Gasteiger partial charge in [0.1, 0.15) is 0 Å². The van der Waals surface area contributed by atoms with E-state index in [0.29, 0.717) is 5.57 Å². The maximum atomic E-state index is 11.3. The van der Waals surface area contributed by atoms with Crippen molar-refractivity contribution in [1.29, 1.82) is 0 Å². The lowest BCUT2D eigenvalue weighted by Gasteiger charge is -1.97. The summed E-state index contributed by atoms with van der Waals surface area (Å²) in [5, 5.41) is 3.81. The number of hydrazone groups is 1. The Bertz CT molecular complexity index is 382. The monoisotopic (exact) mass is 203 g/mol. The van der Waals surface area contributed by atoms with Crippen LogP contribution >= 0.6 is 0 Å². The summed E-state index contributed by atoms with van der Waals surface area (Å²) < 4.78 is 0. The number of allylic oxidation sites excluding steroid dienone is 1. The van der Waals surface area contributed by atoms with Crippen LogP contribution < -0.4 is 5.43 Å². The lowest BCUT2D eigenvalue weighted by atomic mass is 10.3. The van der Waals surface area contributed by atoms with E-state index >= 15 is 0 Å². The van der Waals surface area contributed by atoms with Gasteiger partial charge in [-0.3, -0.25) is 9.78 Å². The van der Waals surface area contributed by atoms with Crippen molar-refractivity contribution in [2.45, 2.75) is 13.8 Å². The third kappa shape index (κ3) is 3.72. The number of carbonyl (C=O) groups is 1. The van der Waals surface area contributed by atoms with Crippen LogP contribution in [0.4, 0.5) is 0 Å². The molecule has 4 nitrogen and oxygen atoms in total. The summed E-state index contributed by atoms with van der Waals surface area (Å²) in [7, 11) is 0. The highest BCUT2D eigenvalue weighted by molar-refractivity contribution is 5.93. The highest BCUT2D eigenvalue weighted by Gasteiger charge is 1.98. The van der Waals surface area contributed by atoms with Crippen molar-refractivity contribution in [2.75, 3.05) is 0 Å². The molecule has 0 radical (unpaired) electrons. The van der Waals surface area contributed by atoms with Gasteiger partial charge in [0.05, 0.1) is 6.21 Å². The Labute approximate surface area is 88.7 Å². The molecular weight excluding hydrogens is 190 g/mol. The van der Waals surface area contributed by atoms with Gasteiger partial charge in [-0.1, -0.05) is 12.1 Å². The second-order valence-corrected chi connectivity index (χ2v) is 2.96. The first-order valence-corrected chi connectivity index (χ1v) is 4.60. The number of pyridine rings is 1. The van der Waals surface area contributed by atoms with E-state index in [1.165, 1.54) is 0 Å². The molecule has 1 amide bonds. The number of hydrogen-bond donors (Lipinski definition) is 1. The second-order valence-electron chi connectivity index (χ2n) is 2.96. The molecule has 15 heavy (non-hydrogen) atoms. The van der Waals surface area contributed by atoms with E-state index in [4.69, 9.17) is 0 Å². The van der Waals surface area contributed by atoms with Crippen LogP contribution in [0, 0.1) is 0 Å². The molecule has 1 N–H and O–H groups in total. The van der Waals surface area contributed by atoms with Gasteiger partial charge in [0.15, 0.2) is 0 Å². The molecular formula is C11H13N3O. The molecule has 0 atom stereocenters. The van der Waals surface area contributed by atoms with E-state index in [1.807, 2.05) is 6.07 Å². The molecule has 4 heteroatoms. The Kier molecular flexibility index (Phi) is 4.22. The Morgan fingerprint density at radius 1 is 1.60 bits per heavy atom. The Balaban J connectivity index is 2.51. The molecule has 0 aliphatic rings. The first kappa shape index (κ1) is 11.1. The lowest BCUT2D eigenvalue weighted by Crippen LogP contribution is -2.18. The van der Waals surface area contributed by atoms with Crippen LogP contribution in [0.25, 0.3) is 0 Å². The van der Waals surface area contributed by atoms with Gasteiger partial charge < -0.3 is 0 Å². The molecule has 0 saturated carbocycles. The van der Waals surface area contributed by atoms with E-state index in [-0.39, 0.29) is 5.91 Å². The van der Waals surface area contributed by atoms with E-state index in [0.717, 1.165) is 5.56 Å². The zero-order valence-corrected chi connectivity index (χ0v) is 8.77. The zero-order valence-electron chi connectivity index (χ0n) is 8.77. The van der Waals surface area contributed by atoms with E-state index in [2.05, 4.69) is 15.5 Å². The van der Waals surface area contributed by atoms with Crippen LogP contribution in [0.5, 0.6) is 0 Å². The fraction of sp³-hybridized carbons (Fsp3) is 0.182. The van der Waals surface area contributed by atoms with E-state index in [9.17, 15) is 4.79 Å². The van der Waals surface area contributed by atoms with Crippen molar-refractivity contribution < 1.29 is 4.79 Å². The second kappa shape index (κ2) is 5.70. The van der Waals surface area contributed by atoms with Crippen molar-refractivity contribution in [3.8, 4) is 0 Å². The van der Waals surface area contributed by atoms with E-state index in [1.54, 1.807) is 44.6 Å². The van der Waals surface area contributed by atoms with Crippen molar-refractivity contribution in [3.63, 3.8) is 0 Å². The van der Waals surface area contributed by atoms with Gasteiger partial charge in [0.25, 0.3) is 5.91 Å². The molecule has 0 saturated heterocycles. The predicted molar refractivity (Wildman–Crippen MR) is 59.4 cm³/mol. The number of nitrogens with one attached hydrogen (secondary N) is 1. The van der Waals surface area contributed by atoms with Crippen molar-refractivity contribution in [3.05, 3.63) is 41.7 Å². The summed E-state index contributed by atoms with van der Waals surface area (Å²) in [6, 6.07) is 3.66. The van der Waals surface area contributed by atoms with Crippen molar-refractivity contribution in [1.82, 2.24) is 10.4 Å². The predicted octanol–water partition coefficient (Wildman–Crippen LogP) is 1.50. The quantitative estimate of drug-likeness (QED) is 0.460. The maximum absolute atomic E-state index is 11.3. The van der Waals surface area contributed by atoms with Crippen LogP contribution in [0.2, 0.25) is 0 Å². The number of rotatable bonds is 3. The molecule has 1 heterocycles. The van der Waals surface area contributed by atoms with Crippen LogP contribution in [-0.4, -0.2) is 17.1 Å². The molecule has 0 aliphatic carbocycles. The van der Waals surface area contributed by atoms with Crippen LogP contribution in [-0.2, 0) is 4.79 Å². The van der Waals surface area contributed by atoms with Crippen molar-refractivity contribution in [2.24, 2.45) is 5.10 Å². The van der Waals surface area contributed by atoms with Gasteiger partial charge in [-0.15, -0.1) is 0 Å². The number of aromatic nitrogens is 1.